The van der Waals surface area contributed by atoms with Crippen molar-refractivity contribution >= 4 is 23.4 Å². The lowest BCUT2D eigenvalue weighted by atomic mass is 9.98. The summed E-state index contributed by atoms with van der Waals surface area (Å²) >= 11 is 0. The number of anilines is 2. The maximum Gasteiger partial charge on any atom is 0.332 e. The van der Waals surface area contributed by atoms with Gasteiger partial charge in [0.2, 0.25) is 0 Å². The zero-order chi connectivity index (χ0) is 19.9. The number of nitrogens with two attached hydrogens (primary N) is 1. The number of carbonyl (C=O) groups is 2. The minimum atomic E-state index is -0.951. The van der Waals surface area contributed by atoms with Crippen molar-refractivity contribution in [2.45, 2.75) is 38.3 Å². The van der Waals surface area contributed by atoms with Crippen molar-refractivity contribution in [1.82, 2.24) is 9.88 Å². The molecule has 0 bridgehead atoms. The van der Waals surface area contributed by atoms with E-state index < -0.39 is 5.54 Å². The van der Waals surface area contributed by atoms with Gasteiger partial charge in [-0.2, -0.15) is 0 Å². The Bertz CT molecular complexity index is 904. The number of amides is 3. The van der Waals surface area contributed by atoms with E-state index in [-0.39, 0.29) is 18.5 Å². The van der Waals surface area contributed by atoms with Crippen LogP contribution in [0.25, 0.3) is 0 Å². The van der Waals surface area contributed by atoms with Crippen molar-refractivity contribution in [2.75, 3.05) is 23.8 Å². The highest BCUT2D eigenvalue weighted by Crippen LogP contribution is 2.34. The summed E-state index contributed by atoms with van der Waals surface area (Å²) in [5.41, 5.74) is 7.38. The van der Waals surface area contributed by atoms with E-state index in [4.69, 9.17) is 10.5 Å². The molecule has 0 aliphatic carbocycles. The predicted molar refractivity (Wildman–Crippen MR) is 106 cm³/mol. The molecule has 2 aromatic rings. The molecule has 2 fully saturated rings. The molecule has 0 radical (unpaired) electrons. The number of ether oxygens (including phenoxy) is 1. The molecule has 0 spiro atoms. The number of hydrogen-bond acceptors (Lipinski definition) is 5. The molecular weight excluding hydrogens is 356 g/mol. The van der Waals surface area contributed by atoms with Gasteiger partial charge in [0.15, 0.2) is 0 Å². The molecule has 1 aromatic heterocycles. The molecule has 28 heavy (non-hydrogen) atoms. The monoisotopic (exact) mass is 380 g/mol. The first-order valence-corrected chi connectivity index (χ1v) is 9.42. The molecule has 3 amide bonds. The fraction of sp³-hybridized carbons (Fsp3) is 0.381. The summed E-state index contributed by atoms with van der Waals surface area (Å²) in [5.74, 6) is 0.525. The zero-order valence-electron chi connectivity index (χ0n) is 16.1. The number of nitrogen functional groups attached to an aromatic ring is 1. The van der Waals surface area contributed by atoms with Crippen LogP contribution in [0.2, 0.25) is 0 Å². The van der Waals surface area contributed by atoms with E-state index in [2.05, 4.69) is 4.98 Å². The number of carbonyl (C=O) groups excluding carboxylic acids is 2. The van der Waals surface area contributed by atoms with Crippen molar-refractivity contribution in [3.63, 3.8) is 0 Å². The maximum absolute atomic E-state index is 13.1. The van der Waals surface area contributed by atoms with Crippen LogP contribution in [0.1, 0.15) is 37.3 Å². The number of aromatic nitrogens is 1. The summed E-state index contributed by atoms with van der Waals surface area (Å²) in [4.78, 5) is 33.0. The molecule has 7 heteroatoms. The van der Waals surface area contributed by atoms with Gasteiger partial charge in [-0.1, -0.05) is 12.1 Å². The molecule has 0 saturated carbocycles. The topological polar surface area (TPSA) is 88.8 Å². The van der Waals surface area contributed by atoms with Crippen LogP contribution in [0.4, 0.5) is 16.3 Å². The second kappa shape index (κ2) is 6.91. The summed E-state index contributed by atoms with van der Waals surface area (Å²) < 4.78 is 5.44. The van der Waals surface area contributed by atoms with Gasteiger partial charge in [0, 0.05) is 25.3 Å². The summed E-state index contributed by atoms with van der Waals surface area (Å²) in [7, 11) is 0. The molecule has 3 heterocycles. The summed E-state index contributed by atoms with van der Waals surface area (Å²) in [6, 6.07) is 10.8. The number of rotatable bonds is 4. The highest BCUT2D eigenvalue weighted by atomic mass is 16.5. The van der Waals surface area contributed by atoms with Gasteiger partial charge in [0.1, 0.15) is 11.4 Å². The van der Waals surface area contributed by atoms with Crippen LogP contribution < -0.4 is 10.6 Å². The van der Waals surface area contributed by atoms with Crippen molar-refractivity contribution in [3.8, 4) is 0 Å². The highest BCUT2D eigenvalue weighted by Gasteiger charge is 2.51. The van der Waals surface area contributed by atoms with Crippen LogP contribution >= 0.6 is 0 Å². The molecule has 146 valence electrons. The zero-order valence-corrected chi connectivity index (χ0v) is 16.1. The second-order valence-electron chi connectivity index (χ2n) is 7.81. The Morgan fingerprint density at radius 2 is 1.96 bits per heavy atom. The SMILES string of the molecule is CC1(C)C(=O)N(c2ccc(C3CCOC3)cc2)C(=O)N1Cc1ccnc(N)c1. The van der Waals surface area contributed by atoms with Crippen molar-refractivity contribution in [2.24, 2.45) is 0 Å². The average molecular weight is 380 g/mol. The molecule has 1 unspecified atom stereocenters. The first-order chi connectivity index (χ1) is 13.4. The quantitative estimate of drug-likeness (QED) is 0.824. The Morgan fingerprint density at radius 1 is 1.21 bits per heavy atom. The van der Waals surface area contributed by atoms with Gasteiger partial charge >= 0.3 is 6.03 Å². The number of pyridine rings is 1. The van der Waals surface area contributed by atoms with E-state index in [9.17, 15) is 9.59 Å². The van der Waals surface area contributed by atoms with Gasteiger partial charge in [-0.25, -0.2) is 14.7 Å². The largest absolute Gasteiger partial charge is 0.384 e. The fourth-order valence-corrected chi connectivity index (χ4v) is 3.80. The molecule has 2 aliphatic heterocycles. The van der Waals surface area contributed by atoms with Crippen LogP contribution in [0.5, 0.6) is 0 Å². The van der Waals surface area contributed by atoms with Crippen LogP contribution in [-0.2, 0) is 16.1 Å². The van der Waals surface area contributed by atoms with Crippen LogP contribution in [-0.4, -0.2) is 40.6 Å². The van der Waals surface area contributed by atoms with E-state index >= 15 is 0 Å². The van der Waals surface area contributed by atoms with Gasteiger partial charge in [0.25, 0.3) is 5.91 Å². The molecule has 1 aromatic carbocycles. The molecule has 2 saturated heterocycles. The van der Waals surface area contributed by atoms with Crippen molar-refractivity contribution < 1.29 is 14.3 Å². The lowest BCUT2D eigenvalue weighted by Crippen LogP contribution is -2.43. The van der Waals surface area contributed by atoms with E-state index in [1.165, 1.54) is 10.5 Å². The standard InChI is InChI=1S/C21H24N4O3/c1-21(2)19(26)25(17-5-3-15(4-6-17)16-8-10-28-13-16)20(27)24(21)12-14-7-9-23-18(22)11-14/h3-7,9,11,16H,8,10,12-13H2,1-2H3,(H2,22,23). The van der Waals surface area contributed by atoms with Gasteiger partial charge in [-0.05, 0) is 55.7 Å². The summed E-state index contributed by atoms with van der Waals surface area (Å²) in [6.07, 6.45) is 2.60. The fourth-order valence-electron chi connectivity index (χ4n) is 3.80. The van der Waals surface area contributed by atoms with Crippen molar-refractivity contribution in [3.05, 3.63) is 53.7 Å². The third-order valence-electron chi connectivity index (χ3n) is 5.56. The Labute approximate surface area is 164 Å². The number of nitrogens with zero attached hydrogens (tertiary/aromatic N) is 3. The molecule has 2 aliphatic rings. The normalized spacial score (nSPS) is 21.6. The third-order valence-corrected chi connectivity index (χ3v) is 5.56. The predicted octanol–water partition coefficient (Wildman–Crippen LogP) is 2.92. The van der Waals surface area contributed by atoms with Gasteiger partial charge < -0.3 is 15.4 Å². The maximum atomic E-state index is 13.1. The average Bonchev–Trinajstić information content (AvgIpc) is 3.26. The molecule has 1 atom stereocenters. The minimum absolute atomic E-state index is 0.239. The number of hydrogen-bond donors (Lipinski definition) is 1. The van der Waals surface area contributed by atoms with E-state index in [0.717, 1.165) is 25.2 Å². The van der Waals surface area contributed by atoms with Crippen molar-refractivity contribution in [1.29, 1.82) is 0 Å². The Morgan fingerprint density at radius 3 is 2.61 bits per heavy atom. The summed E-state index contributed by atoms with van der Waals surface area (Å²) in [6.45, 7) is 5.32. The Kier molecular flexibility index (Phi) is 4.55. The number of imide groups is 1. The number of benzene rings is 1. The minimum Gasteiger partial charge on any atom is -0.384 e. The van der Waals surface area contributed by atoms with Crippen LogP contribution in [0.3, 0.4) is 0 Å². The molecule has 7 nitrogen and oxygen atoms in total. The lowest BCUT2D eigenvalue weighted by molar-refractivity contribution is -0.123. The molecular formula is C21H24N4O3. The smallest absolute Gasteiger partial charge is 0.332 e. The highest BCUT2D eigenvalue weighted by molar-refractivity contribution is 6.22. The van der Waals surface area contributed by atoms with Gasteiger partial charge in [-0.3, -0.25) is 4.79 Å². The van der Waals surface area contributed by atoms with E-state index in [0.29, 0.717) is 17.4 Å². The second-order valence-corrected chi connectivity index (χ2v) is 7.81. The summed E-state index contributed by atoms with van der Waals surface area (Å²) in [5, 5.41) is 0. The molecule has 4 rings (SSSR count). The first-order valence-electron chi connectivity index (χ1n) is 9.42. The van der Waals surface area contributed by atoms with E-state index in [1.807, 2.05) is 24.3 Å². The molecule has 2 N–H and O–H groups in total. The number of urea groups is 1. The lowest BCUT2D eigenvalue weighted by Gasteiger charge is -2.27. The van der Waals surface area contributed by atoms with Gasteiger partial charge in [-0.15, -0.1) is 0 Å². The Balaban J connectivity index is 1.59. The van der Waals surface area contributed by atoms with Crippen LogP contribution in [0.15, 0.2) is 42.6 Å². The third kappa shape index (κ3) is 3.11. The van der Waals surface area contributed by atoms with E-state index in [1.54, 1.807) is 37.1 Å². The van der Waals surface area contributed by atoms with Gasteiger partial charge in [0.05, 0.1) is 12.3 Å². The first kappa shape index (κ1) is 18.4. The Hall–Kier alpha value is -2.93. The van der Waals surface area contributed by atoms with Crippen LogP contribution in [0, 0.1) is 0 Å².